The van der Waals surface area contributed by atoms with Crippen molar-refractivity contribution in [3.05, 3.63) is 27.7 Å². The van der Waals surface area contributed by atoms with E-state index in [1.165, 1.54) is 0 Å². The Labute approximate surface area is 117 Å². The lowest BCUT2D eigenvalue weighted by molar-refractivity contribution is 0.597. The third-order valence-electron chi connectivity index (χ3n) is 2.51. The molecule has 0 aliphatic heterocycles. The minimum atomic E-state index is -3.28. The molecule has 2 N–H and O–H groups in total. The van der Waals surface area contributed by atoms with E-state index < -0.39 is 10.0 Å². The fraction of sp³-hybridized carbons (Fsp3) is 0.500. The lowest BCUT2D eigenvalue weighted by atomic mass is 10.1. The Kier molecular flexibility index (Phi) is 5.62. The van der Waals surface area contributed by atoms with Crippen LogP contribution in [0.15, 0.2) is 16.6 Å². The van der Waals surface area contributed by atoms with Gasteiger partial charge < -0.3 is 5.32 Å². The highest BCUT2D eigenvalue weighted by Crippen LogP contribution is 2.25. The van der Waals surface area contributed by atoms with Crippen LogP contribution in [-0.2, 0) is 10.0 Å². The molecule has 4 nitrogen and oxygen atoms in total. The van der Waals surface area contributed by atoms with Gasteiger partial charge in [-0.05, 0) is 43.7 Å². The van der Waals surface area contributed by atoms with E-state index in [9.17, 15) is 8.42 Å². The van der Waals surface area contributed by atoms with Crippen LogP contribution < -0.4 is 10.0 Å². The SMILES string of the molecule is CCNCCS(=O)(=O)Nc1cc(C)c(Br)c(C)c1. The lowest BCUT2D eigenvalue weighted by Gasteiger charge is -2.11. The maximum Gasteiger partial charge on any atom is 0.233 e. The first kappa shape index (κ1) is 15.5. The van der Waals surface area contributed by atoms with E-state index in [-0.39, 0.29) is 5.75 Å². The Morgan fingerprint density at radius 2 is 1.78 bits per heavy atom. The molecule has 0 fully saturated rings. The van der Waals surface area contributed by atoms with Crippen molar-refractivity contribution in [3.63, 3.8) is 0 Å². The smallest absolute Gasteiger partial charge is 0.233 e. The summed E-state index contributed by atoms with van der Waals surface area (Å²) >= 11 is 3.46. The molecule has 102 valence electrons. The molecule has 18 heavy (non-hydrogen) atoms. The van der Waals surface area contributed by atoms with Gasteiger partial charge in [-0.1, -0.05) is 22.9 Å². The molecule has 0 spiro atoms. The summed E-state index contributed by atoms with van der Waals surface area (Å²) in [4.78, 5) is 0. The molecule has 0 amide bonds. The van der Waals surface area contributed by atoms with Crippen LogP contribution in [0.4, 0.5) is 5.69 Å². The average molecular weight is 335 g/mol. The van der Waals surface area contributed by atoms with Gasteiger partial charge in [0.05, 0.1) is 5.75 Å². The Morgan fingerprint density at radius 3 is 2.28 bits per heavy atom. The molecular formula is C12H19BrN2O2S. The van der Waals surface area contributed by atoms with Crippen LogP contribution in [0, 0.1) is 13.8 Å². The molecule has 1 aromatic rings. The predicted octanol–water partition coefficient (Wildman–Crippen LogP) is 2.42. The summed E-state index contributed by atoms with van der Waals surface area (Å²) in [6.07, 6.45) is 0. The van der Waals surface area contributed by atoms with Gasteiger partial charge in [-0.15, -0.1) is 0 Å². The second kappa shape index (κ2) is 6.54. The van der Waals surface area contributed by atoms with Crippen molar-refractivity contribution in [3.8, 4) is 0 Å². The van der Waals surface area contributed by atoms with E-state index in [1.54, 1.807) is 0 Å². The minimum Gasteiger partial charge on any atom is -0.316 e. The van der Waals surface area contributed by atoms with Crippen LogP contribution in [0.25, 0.3) is 0 Å². The van der Waals surface area contributed by atoms with Gasteiger partial charge in [0.15, 0.2) is 0 Å². The molecule has 0 atom stereocenters. The van der Waals surface area contributed by atoms with Crippen LogP contribution in [0.1, 0.15) is 18.1 Å². The van der Waals surface area contributed by atoms with Gasteiger partial charge in [0.2, 0.25) is 10.0 Å². The minimum absolute atomic E-state index is 0.0784. The van der Waals surface area contributed by atoms with Gasteiger partial charge in [-0.25, -0.2) is 8.42 Å². The standard InChI is InChI=1S/C12H19BrN2O2S/c1-4-14-5-6-18(16,17)15-11-7-9(2)12(13)10(3)8-11/h7-8,14-15H,4-6H2,1-3H3. The molecule has 0 aliphatic rings. The summed E-state index contributed by atoms with van der Waals surface area (Å²) in [6, 6.07) is 3.64. The number of hydrogen-bond donors (Lipinski definition) is 2. The largest absolute Gasteiger partial charge is 0.316 e. The summed E-state index contributed by atoms with van der Waals surface area (Å²) in [6.45, 7) is 7.05. The maximum absolute atomic E-state index is 11.8. The third kappa shape index (κ3) is 4.59. The number of hydrogen-bond acceptors (Lipinski definition) is 3. The van der Waals surface area contributed by atoms with Gasteiger partial charge in [-0.2, -0.15) is 0 Å². The van der Waals surface area contributed by atoms with Gasteiger partial charge in [0, 0.05) is 16.7 Å². The van der Waals surface area contributed by atoms with Gasteiger partial charge in [-0.3, -0.25) is 4.72 Å². The van der Waals surface area contributed by atoms with Crippen molar-refractivity contribution in [2.75, 3.05) is 23.6 Å². The van der Waals surface area contributed by atoms with Crippen molar-refractivity contribution in [1.82, 2.24) is 5.32 Å². The van der Waals surface area contributed by atoms with Crippen LogP contribution in [0.5, 0.6) is 0 Å². The molecule has 1 aromatic carbocycles. The van der Waals surface area contributed by atoms with Crippen LogP contribution in [0.2, 0.25) is 0 Å². The summed E-state index contributed by atoms with van der Waals surface area (Å²) < 4.78 is 27.2. The number of halogens is 1. The highest BCUT2D eigenvalue weighted by molar-refractivity contribution is 9.10. The third-order valence-corrected chi connectivity index (χ3v) is 5.05. The summed E-state index contributed by atoms with van der Waals surface area (Å²) in [5.41, 5.74) is 2.64. The molecule has 0 heterocycles. The second-order valence-corrected chi connectivity index (χ2v) is 6.83. The van der Waals surface area contributed by atoms with Gasteiger partial charge >= 0.3 is 0 Å². The lowest BCUT2D eigenvalue weighted by Crippen LogP contribution is -2.26. The molecular weight excluding hydrogens is 316 g/mol. The Bertz CT molecular complexity index is 492. The zero-order valence-electron chi connectivity index (χ0n) is 10.9. The quantitative estimate of drug-likeness (QED) is 0.785. The molecule has 0 unspecified atom stereocenters. The number of benzene rings is 1. The first-order chi connectivity index (χ1) is 8.35. The van der Waals surface area contributed by atoms with E-state index >= 15 is 0 Å². The number of aryl methyl sites for hydroxylation is 2. The normalized spacial score (nSPS) is 11.6. The number of nitrogens with one attached hydrogen (secondary N) is 2. The van der Waals surface area contributed by atoms with E-state index in [2.05, 4.69) is 26.0 Å². The van der Waals surface area contributed by atoms with Crippen molar-refractivity contribution in [1.29, 1.82) is 0 Å². The van der Waals surface area contributed by atoms with Crippen molar-refractivity contribution in [2.45, 2.75) is 20.8 Å². The van der Waals surface area contributed by atoms with Crippen molar-refractivity contribution in [2.24, 2.45) is 0 Å². The number of anilines is 1. The molecule has 0 aromatic heterocycles. The Balaban J connectivity index is 2.78. The first-order valence-electron chi connectivity index (χ1n) is 5.83. The number of rotatable bonds is 6. The summed E-state index contributed by atoms with van der Waals surface area (Å²) in [7, 11) is -3.28. The highest BCUT2D eigenvalue weighted by Gasteiger charge is 2.11. The molecule has 6 heteroatoms. The van der Waals surface area contributed by atoms with Crippen LogP contribution >= 0.6 is 15.9 Å². The van der Waals surface area contributed by atoms with E-state index in [1.807, 2.05) is 32.9 Å². The summed E-state index contributed by atoms with van der Waals surface area (Å²) in [5.74, 6) is 0.0784. The first-order valence-corrected chi connectivity index (χ1v) is 8.28. The predicted molar refractivity (Wildman–Crippen MR) is 79.6 cm³/mol. The molecule has 0 saturated heterocycles. The van der Waals surface area contributed by atoms with Gasteiger partial charge in [0.1, 0.15) is 0 Å². The maximum atomic E-state index is 11.8. The highest BCUT2D eigenvalue weighted by atomic mass is 79.9. The monoisotopic (exact) mass is 334 g/mol. The van der Waals surface area contributed by atoms with Crippen LogP contribution in [0.3, 0.4) is 0 Å². The zero-order chi connectivity index (χ0) is 13.8. The summed E-state index contributed by atoms with van der Waals surface area (Å²) in [5, 5.41) is 3.00. The average Bonchev–Trinajstić information content (AvgIpc) is 2.25. The van der Waals surface area contributed by atoms with E-state index in [4.69, 9.17) is 0 Å². The number of sulfonamides is 1. The molecule has 0 bridgehead atoms. The van der Waals surface area contributed by atoms with E-state index in [0.29, 0.717) is 12.2 Å². The Morgan fingerprint density at radius 1 is 1.22 bits per heavy atom. The fourth-order valence-electron chi connectivity index (χ4n) is 1.62. The molecule has 1 rings (SSSR count). The van der Waals surface area contributed by atoms with Crippen molar-refractivity contribution < 1.29 is 8.42 Å². The van der Waals surface area contributed by atoms with Gasteiger partial charge in [0.25, 0.3) is 0 Å². The van der Waals surface area contributed by atoms with Crippen LogP contribution in [-0.4, -0.2) is 27.3 Å². The zero-order valence-corrected chi connectivity index (χ0v) is 13.3. The van der Waals surface area contributed by atoms with Crippen molar-refractivity contribution >= 4 is 31.6 Å². The topological polar surface area (TPSA) is 58.2 Å². The Hall–Kier alpha value is -0.590. The van der Waals surface area contributed by atoms with E-state index in [0.717, 1.165) is 22.1 Å². The molecule has 0 radical (unpaired) electrons. The second-order valence-electron chi connectivity index (χ2n) is 4.20. The molecule has 0 saturated carbocycles. The fourth-order valence-corrected chi connectivity index (χ4v) is 2.84. The molecule has 0 aliphatic carbocycles.